The summed E-state index contributed by atoms with van der Waals surface area (Å²) in [5.74, 6) is -0.587. The monoisotopic (exact) mass is 217 g/mol. The Labute approximate surface area is 91.5 Å². The summed E-state index contributed by atoms with van der Waals surface area (Å²) in [4.78, 5) is 15.3. The van der Waals surface area contributed by atoms with E-state index in [1.165, 1.54) is 30.5 Å². The van der Waals surface area contributed by atoms with Crippen molar-refractivity contribution in [1.29, 1.82) is 0 Å². The van der Waals surface area contributed by atoms with Gasteiger partial charge in [-0.2, -0.15) is 0 Å². The molecule has 16 heavy (non-hydrogen) atoms. The number of nitrogens with zero attached hydrogens (tertiary/aromatic N) is 1. The van der Waals surface area contributed by atoms with Crippen LogP contribution in [0.3, 0.4) is 0 Å². The van der Waals surface area contributed by atoms with Gasteiger partial charge in [-0.15, -0.1) is 0 Å². The molecule has 0 amide bonds. The molecule has 0 aliphatic rings. The Morgan fingerprint density at radius 3 is 2.56 bits per heavy atom. The molecule has 2 aromatic rings. The summed E-state index contributed by atoms with van der Waals surface area (Å²) < 4.78 is 17.6. The lowest BCUT2D eigenvalue weighted by Gasteiger charge is -2.03. The number of carbonyl (C=O) groups excluding carboxylic acids is 1. The van der Waals surface area contributed by atoms with Crippen molar-refractivity contribution in [2.45, 2.75) is 0 Å². The standard InChI is InChI=1S/C12H8FNO2/c13-10-3-5-11(6-4-10)16-12(15)9-2-1-7-14-8-9/h1-8H. The molecule has 0 spiro atoms. The Morgan fingerprint density at radius 2 is 1.94 bits per heavy atom. The highest BCUT2D eigenvalue weighted by atomic mass is 19.1. The SMILES string of the molecule is O=C(Oc1ccc(F)cc1)c1cccnc1. The summed E-state index contributed by atoms with van der Waals surface area (Å²) in [5, 5.41) is 0. The third-order valence-electron chi connectivity index (χ3n) is 1.92. The maximum atomic E-state index is 12.6. The van der Waals surface area contributed by atoms with Crippen LogP contribution in [0.2, 0.25) is 0 Å². The van der Waals surface area contributed by atoms with Gasteiger partial charge in [-0.25, -0.2) is 9.18 Å². The van der Waals surface area contributed by atoms with E-state index in [2.05, 4.69) is 4.98 Å². The van der Waals surface area contributed by atoms with Crippen molar-refractivity contribution in [3.8, 4) is 5.75 Å². The van der Waals surface area contributed by atoms with Gasteiger partial charge in [0.1, 0.15) is 11.6 Å². The van der Waals surface area contributed by atoms with Crippen LogP contribution >= 0.6 is 0 Å². The van der Waals surface area contributed by atoms with Crippen LogP contribution < -0.4 is 4.74 Å². The molecule has 0 unspecified atom stereocenters. The smallest absolute Gasteiger partial charge is 0.345 e. The number of halogens is 1. The highest BCUT2D eigenvalue weighted by molar-refractivity contribution is 5.90. The Bertz CT molecular complexity index is 482. The van der Waals surface area contributed by atoms with E-state index in [9.17, 15) is 9.18 Å². The Morgan fingerprint density at radius 1 is 1.19 bits per heavy atom. The second kappa shape index (κ2) is 4.53. The molecule has 80 valence electrons. The summed E-state index contributed by atoms with van der Waals surface area (Å²) in [7, 11) is 0. The molecule has 0 saturated heterocycles. The van der Waals surface area contributed by atoms with Gasteiger partial charge in [0.15, 0.2) is 0 Å². The van der Waals surface area contributed by atoms with E-state index >= 15 is 0 Å². The third kappa shape index (κ3) is 2.42. The average molecular weight is 217 g/mol. The van der Waals surface area contributed by atoms with Crippen LogP contribution in [0.5, 0.6) is 5.75 Å². The first kappa shape index (κ1) is 10.3. The minimum absolute atomic E-state index is 0.301. The van der Waals surface area contributed by atoms with Crippen molar-refractivity contribution in [3.05, 3.63) is 60.2 Å². The highest BCUT2D eigenvalue weighted by Crippen LogP contribution is 2.12. The zero-order valence-corrected chi connectivity index (χ0v) is 8.26. The molecule has 0 N–H and O–H groups in total. The van der Waals surface area contributed by atoms with Crippen molar-refractivity contribution >= 4 is 5.97 Å². The minimum Gasteiger partial charge on any atom is -0.423 e. The molecule has 0 radical (unpaired) electrons. The van der Waals surface area contributed by atoms with Crippen molar-refractivity contribution in [1.82, 2.24) is 4.98 Å². The van der Waals surface area contributed by atoms with Crippen LogP contribution in [0.4, 0.5) is 4.39 Å². The van der Waals surface area contributed by atoms with Crippen LogP contribution in [0.25, 0.3) is 0 Å². The van der Waals surface area contributed by atoms with Crippen molar-refractivity contribution in [2.75, 3.05) is 0 Å². The van der Waals surface area contributed by atoms with Gasteiger partial charge >= 0.3 is 5.97 Å². The minimum atomic E-state index is -0.514. The third-order valence-corrected chi connectivity index (χ3v) is 1.92. The molecule has 3 nitrogen and oxygen atoms in total. The van der Waals surface area contributed by atoms with Crippen LogP contribution in [-0.2, 0) is 0 Å². The van der Waals surface area contributed by atoms with E-state index in [4.69, 9.17) is 4.74 Å². The number of pyridine rings is 1. The lowest BCUT2D eigenvalue weighted by Crippen LogP contribution is -2.08. The topological polar surface area (TPSA) is 39.2 Å². The summed E-state index contributed by atoms with van der Waals surface area (Å²) in [6, 6.07) is 8.48. The predicted octanol–water partition coefficient (Wildman–Crippen LogP) is 2.44. The Kier molecular flexibility index (Phi) is 2.91. The maximum absolute atomic E-state index is 12.6. The maximum Gasteiger partial charge on any atom is 0.345 e. The van der Waals surface area contributed by atoms with Gasteiger partial charge in [-0.05, 0) is 36.4 Å². The average Bonchev–Trinajstić information content (AvgIpc) is 2.33. The van der Waals surface area contributed by atoms with Crippen molar-refractivity contribution in [2.24, 2.45) is 0 Å². The second-order valence-electron chi connectivity index (χ2n) is 3.09. The quantitative estimate of drug-likeness (QED) is 0.573. The molecule has 2 rings (SSSR count). The van der Waals surface area contributed by atoms with E-state index in [-0.39, 0.29) is 5.82 Å². The fourth-order valence-corrected chi connectivity index (χ4v) is 1.15. The van der Waals surface area contributed by atoms with Gasteiger partial charge in [0.2, 0.25) is 0 Å². The van der Waals surface area contributed by atoms with E-state index in [0.29, 0.717) is 11.3 Å². The van der Waals surface area contributed by atoms with Gasteiger partial charge in [0, 0.05) is 12.4 Å². The number of aromatic nitrogens is 1. The van der Waals surface area contributed by atoms with Crippen molar-refractivity contribution in [3.63, 3.8) is 0 Å². The van der Waals surface area contributed by atoms with E-state index < -0.39 is 5.97 Å². The summed E-state index contributed by atoms with van der Waals surface area (Å²) in [6.07, 6.45) is 2.97. The first-order chi connectivity index (χ1) is 7.75. The van der Waals surface area contributed by atoms with E-state index in [1.54, 1.807) is 18.3 Å². The number of rotatable bonds is 2. The lowest BCUT2D eigenvalue weighted by molar-refractivity contribution is 0.0734. The Hall–Kier alpha value is -2.23. The molecular formula is C12H8FNO2. The van der Waals surface area contributed by atoms with E-state index in [0.717, 1.165) is 0 Å². The van der Waals surface area contributed by atoms with Gasteiger partial charge in [-0.1, -0.05) is 0 Å². The van der Waals surface area contributed by atoms with Crippen LogP contribution in [0, 0.1) is 5.82 Å². The van der Waals surface area contributed by atoms with Crippen LogP contribution in [0.15, 0.2) is 48.8 Å². The molecule has 0 aliphatic heterocycles. The van der Waals surface area contributed by atoms with Gasteiger partial charge in [0.05, 0.1) is 5.56 Å². The van der Waals surface area contributed by atoms with Gasteiger partial charge < -0.3 is 4.74 Å². The molecule has 0 saturated carbocycles. The fourth-order valence-electron chi connectivity index (χ4n) is 1.15. The lowest BCUT2D eigenvalue weighted by atomic mass is 10.3. The van der Waals surface area contributed by atoms with E-state index in [1.807, 2.05) is 0 Å². The predicted molar refractivity (Wildman–Crippen MR) is 55.6 cm³/mol. The number of hydrogen-bond donors (Lipinski definition) is 0. The first-order valence-electron chi connectivity index (χ1n) is 4.63. The highest BCUT2D eigenvalue weighted by Gasteiger charge is 2.07. The molecule has 4 heteroatoms. The molecule has 0 aliphatic carbocycles. The molecule has 1 aromatic heterocycles. The zero-order chi connectivity index (χ0) is 11.4. The second-order valence-corrected chi connectivity index (χ2v) is 3.09. The molecule has 0 bridgehead atoms. The van der Waals surface area contributed by atoms with Gasteiger partial charge in [0.25, 0.3) is 0 Å². The normalized spacial score (nSPS) is 9.81. The molecule has 0 fully saturated rings. The first-order valence-corrected chi connectivity index (χ1v) is 4.63. The molecule has 0 atom stereocenters. The fraction of sp³-hybridized carbons (Fsp3) is 0. The van der Waals surface area contributed by atoms with Crippen LogP contribution in [-0.4, -0.2) is 11.0 Å². The summed E-state index contributed by atoms with van der Waals surface area (Å²) >= 11 is 0. The molecule has 1 heterocycles. The van der Waals surface area contributed by atoms with Gasteiger partial charge in [-0.3, -0.25) is 4.98 Å². The summed E-state index contributed by atoms with van der Waals surface area (Å²) in [5.41, 5.74) is 0.354. The number of hydrogen-bond acceptors (Lipinski definition) is 3. The molecule has 1 aromatic carbocycles. The van der Waals surface area contributed by atoms with Crippen molar-refractivity contribution < 1.29 is 13.9 Å². The summed E-state index contributed by atoms with van der Waals surface area (Å²) in [6.45, 7) is 0. The Balaban J connectivity index is 2.11. The number of esters is 1. The van der Waals surface area contributed by atoms with Crippen LogP contribution in [0.1, 0.15) is 10.4 Å². The zero-order valence-electron chi connectivity index (χ0n) is 8.26. The number of ether oxygens (including phenoxy) is 1. The number of carbonyl (C=O) groups is 1. The largest absolute Gasteiger partial charge is 0.423 e. The number of benzene rings is 1. The molecular weight excluding hydrogens is 209 g/mol.